The zero-order valence-electron chi connectivity index (χ0n) is 15.8. The summed E-state index contributed by atoms with van der Waals surface area (Å²) in [6.07, 6.45) is 1.36. The van der Waals surface area contributed by atoms with Crippen molar-refractivity contribution in [3.8, 4) is 11.1 Å². The van der Waals surface area contributed by atoms with E-state index in [2.05, 4.69) is 10.0 Å². The molecule has 0 spiro atoms. The topological polar surface area (TPSA) is 65.0 Å². The Balaban J connectivity index is 1.54. The van der Waals surface area contributed by atoms with Crippen LogP contribution in [0.1, 0.15) is 30.4 Å². The van der Waals surface area contributed by atoms with Gasteiger partial charge < -0.3 is 5.32 Å². The fourth-order valence-electron chi connectivity index (χ4n) is 3.84. The number of halogens is 2. The minimum Gasteiger partial charge on any atom is -0.312 e. The highest BCUT2D eigenvalue weighted by Gasteiger charge is 2.54. The van der Waals surface area contributed by atoms with Gasteiger partial charge in [-0.15, -0.1) is 0 Å². The average molecular weight is 406 g/mol. The molecule has 2 fully saturated rings. The van der Waals surface area contributed by atoms with E-state index < -0.39 is 14.9 Å². The molecule has 0 radical (unpaired) electrons. The molecular weight excluding hydrogens is 380 g/mol. The first-order valence-electron chi connectivity index (χ1n) is 9.61. The highest BCUT2D eigenvalue weighted by Crippen LogP contribution is 2.45. The van der Waals surface area contributed by atoms with Crippen LogP contribution in [0.25, 0.3) is 11.1 Å². The number of benzene rings is 2. The van der Waals surface area contributed by atoms with Gasteiger partial charge in [-0.3, -0.25) is 0 Å². The van der Waals surface area contributed by atoms with Crippen LogP contribution in [-0.4, -0.2) is 27.8 Å². The van der Waals surface area contributed by atoms with E-state index in [1.165, 1.54) is 0 Å². The molecule has 4 rings (SSSR count). The molecule has 1 aliphatic carbocycles. The van der Waals surface area contributed by atoms with Crippen LogP contribution in [0.2, 0.25) is 0 Å². The van der Waals surface area contributed by atoms with E-state index in [4.69, 9.17) is 4.78 Å². The normalized spacial score (nSPS) is 25.4. The van der Waals surface area contributed by atoms with Crippen molar-refractivity contribution < 1.29 is 13.0 Å². The molecule has 1 aliphatic heterocycles. The largest absolute Gasteiger partial charge is 0.312 e. The summed E-state index contributed by atoms with van der Waals surface area (Å²) in [4.78, 5) is 0. The van der Waals surface area contributed by atoms with Crippen molar-refractivity contribution in [3.05, 3.63) is 59.4 Å². The fourth-order valence-corrected chi connectivity index (χ4v) is 5.43. The Morgan fingerprint density at radius 1 is 1.29 bits per heavy atom. The molecule has 4 nitrogen and oxygen atoms in total. The third-order valence-electron chi connectivity index (χ3n) is 5.67. The molecule has 2 aliphatic rings. The maximum atomic E-state index is 15.2. The van der Waals surface area contributed by atoms with Crippen LogP contribution >= 0.6 is 0 Å². The lowest BCUT2D eigenvalue weighted by atomic mass is 9.96. The monoisotopic (exact) mass is 405 g/mol. The molecule has 3 atom stereocenters. The van der Waals surface area contributed by atoms with Crippen LogP contribution in [0, 0.1) is 17.5 Å². The summed E-state index contributed by atoms with van der Waals surface area (Å²) in [5.74, 6) is -0.267. The second-order valence-corrected chi connectivity index (χ2v) is 9.94. The van der Waals surface area contributed by atoms with Crippen LogP contribution in [-0.2, 0) is 16.3 Å². The Hall–Kier alpha value is -1.83. The summed E-state index contributed by atoms with van der Waals surface area (Å²) < 4.78 is 52.5. The maximum absolute atomic E-state index is 15.2. The fraction of sp³-hybridized carbons (Fsp3) is 0.429. The lowest BCUT2D eigenvalue weighted by Crippen LogP contribution is -2.47. The minimum absolute atomic E-state index is 0.167. The van der Waals surface area contributed by atoms with Crippen molar-refractivity contribution in [2.75, 3.05) is 6.54 Å². The SMILES string of the molecule is Cc1cccc(-c2cccc(C[C@@H]3NCC[C@@H]3NS(=N)(=O)C3(F)CC3)c2F)c1. The number of hydrogen-bond acceptors (Lipinski definition) is 3. The van der Waals surface area contributed by atoms with E-state index in [0.717, 1.165) is 11.1 Å². The van der Waals surface area contributed by atoms with Crippen molar-refractivity contribution in [1.82, 2.24) is 10.0 Å². The summed E-state index contributed by atoms with van der Waals surface area (Å²) in [5, 5.41) is 1.38. The Kier molecular flexibility index (Phi) is 5.02. The molecule has 1 unspecified atom stereocenters. The van der Waals surface area contributed by atoms with Gasteiger partial charge in [0, 0.05) is 17.6 Å². The van der Waals surface area contributed by atoms with Gasteiger partial charge in [-0.05, 0) is 50.3 Å². The highest BCUT2D eigenvalue weighted by molar-refractivity contribution is 7.92. The molecule has 3 N–H and O–H groups in total. The maximum Gasteiger partial charge on any atom is 0.206 e. The number of nitrogens with one attached hydrogen (secondary N) is 3. The predicted octanol–water partition coefficient (Wildman–Crippen LogP) is 4.09. The number of alkyl halides is 1. The molecule has 0 amide bonds. The molecule has 1 heterocycles. The first kappa shape index (κ1) is 19.5. The highest BCUT2D eigenvalue weighted by atomic mass is 32.2. The molecule has 150 valence electrons. The Labute approximate surface area is 164 Å². The standard InChI is InChI=1S/C21H25F2N3OS/c1-14-4-2-5-15(12-14)17-7-3-6-16(20(17)22)13-19-18(8-11-25-19)26-28(24,27)21(23)9-10-21/h2-7,12,18-19,25H,8-11,13H2,1H3,(H2,24,26,27)/t18-,19-,28?/m0/s1. The van der Waals surface area contributed by atoms with Crippen molar-refractivity contribution in [3.63, 3.8) is 0 Å². The van der Waals surface area contributed by atoms with Crippen molar-refractivity contribution in [1.29, 1.82) is 4.78 Å². The molecule has 1 saturated carbocycles. The van der Waals surface area contributed by atoms with E-state index in [1.54, 1.807) is 12.1 Å². The van der Waals surface area contributed by atoms with Crippen LogP contribution < -0.4 is 10.0 Å². The molecular formula is C21H25F2N3OS. The van der Waals surface area contributed by atoms with Gasteiger partial charge in [-0.2, -0.15) is 0 Å². The quantitative estimate of drug-likeness (QED) is 0.678. The summed E-state index contributed by atoms with van der Waals surface area (Å²) >= 11 is 0. The van der Waals surface area contributed by atoms with E-state index in [1.807, 2.05) is 37.3 Å². The zero-order valence-corrected chi connectivity index (χ0v) is 16.6. The Bertz CT molecular complexity index is 989. The van der Waals surface area contributed by atoms with Gasteiger partial charge >= 0.3 is 0 Å². The minimum atomic E-state index is -3.51. The smallest absolute Gasteiger partial charge is 0.206 e. The third kappa shape index (κ3) is 3.71. The summed E-state index contributed by atoms with van der Waals surface area (Å²) in [6.45, 7) is 2.64. The molecule has 2 aromatic rings. The van der Waals surface area contributed by atoms with Gasteiger partial charge in [0.2, 0.25) is 5.00 Å². The van der Waals surface area contributed by atoms with Crippen LogP contribution in [0.3, 0.4) is 0 Å². The Morgan fingerprint density at radius 2 is 2.04 bits per heavy atom. The molecule has 0 aromatic heterocycles. The van der Waals surface area contributed by atoms with Gasteiger partial charge in [0.1, 0.15) is 15.7 Å². The van der Waals surface area contributed by atoms with E-state index in [-0.39, 0.29) is 30.7 Å². The predicted molar refractivity (Wildman–Crippen MR) is 108 cm³/mol. The van der Waals surface area contributed by atoms with Crippen molar-refractivity contribution in [2.24, 2.45) is 0 Å². The molecule has 1 saturated heterocycles. The van der Waals surface area contributed by atoms with E-state index in [9.17, 15) is 8.60 Å². The van der Waals surface area contributed by atoms with Gasteiger partial charge in [0.25, 0.3) is 0 Å². The number of rotatable bonds is 6. The zero-order chi connectivity index (χ0) is 19.9. The summed E-state index contributed by atoms with van der Waals surface area (Å²) in [7, 11) is -3.51. The van der Waals surface area contributed by atoms with E-state index >= 15 is 4.39 Å². The van der Waals surface area contributed by atoms with E-state index in [0.29, 0.717) is 30.5 Å². The first-order valence-corrected chi connectivity index (χ1v) is 11.2. The molecule has 0 bridgehead atoms. The molecule has 28 heavy (non-hydrogen) atoms. The Morgan fingerprint density at radius 3 is 2.75 bits per heavy atom. The molecule has 7 heteroatoms. The summed E-state index contributed by atoms with van der Waals surface area (Å²) in [5.41, 5.74) is 3.00. The van der Waals surface area contributed by atoms with Gasteiger partial charge in [0.15, 0.2) is 0 Å². The van der Waals surface area contributed by atoms with Crippen molar-refractivity contribution >= 4 is 9.92 Å². The summed E-state index contributed by atoms with van der Waals surface area (Å²) in [6, 6.07) is 12.6. The third-order valence-corrected chi connectivity index (χ3v) is 7.74. The first-order chi connectivity index (χ1) is 13.3. The second-order valence-electron chi connectivity index (χ2n) is 7.87. The van der Waals surface area contributed by atoms with Crippen LogP contribution in [0.4, 0.5) is 8.78 Å². The molecule has 2 aromatic carbocycles. The number of hydrogen-bond donors (Lipinski definition) is 3. The lowest BCUT2D eigenvalue weighted by Gasteiger charge is -2.24. The second kappa shape index (κ2) is 7.21. The average Bonchev–Trinajstić information content (AvgIpc) is 3.28. The van der Waals surface area contributed by atoms with Crippen LogP contribution in [0.15, 0.2) is 42.5 Å². The van der Waals surface area contributed by atoms with Gasteiger partial charge in [0.05, 0.1) is 0 Å². The van der Waals surface area contributed by atoms with Crippen LogP contribution in [0.5, 0.6) is 0 Å². The number of aryl methyl sites for hydroxylation is 1. The van der Waals surface area contributed by atoms with Gasteiger partial charge in [-0.1, -0.05) is 48.0 Å². The lowest BCUT2D eigenvalue weighted by molar-refractivity contribution is 0.406. The van der Waals surface area contributed by atoms with Crippen molar-refractivity contribution in [2.45, 2.75) is 49.7 Å². The van der Waals surface area contributed by atoms with Gasteiger partial charge in [-0.25, -0.2) is 22.5 Å².